The highest BCUT2D eigenvalue weighted by Crippen LogP contribution is 2.26. The molecule has 5 nitrogen and oxygen atoms in total. The first kappa shape index (κ1) is 17.8. The molecule has 0 bridgehead atoms. The molecule has 128 valence electrons. The molecule has 2 rings (SSSR count). The lowest BCUT2D eigenvalue weighted by Gasteiger charge is -2.24. The van der Waals surface area contributed by atoms with Crippen molar-refractivity contribution in [2.45, 2.75) is 38.6 Å². The minimum Gasteiger partial charge on any atom is -0.496 e. The maximum atomic E-state index is 12.5. The van der Waals surface area contributed by atoms with Gasteiger partial charge in [0.2, 0.25) is 5.91 Å². The van der Waals surface area contributed by atoms with E-state index < -0.39 is 9.84 Å². The molecule has 0 aromatic heterocycles. The van der Waals surface area contributed by atoms with Gasteiger partial charge in [-0.25, -0.2) is 8.42 Å². The van der Waals surface area contributed by atoms with Gasteiger partial charge >= 0.3 is 0 Å². The summed E-state index contributed by atoms with van der Waals surface area (Å²) in [6, 6.07) is 5.68. The smallest absolute Gasteiger partial charge is 0.227 e. The largest absolute Gasteiger partial charge is 0.496 e. The van der Waals surface area contributed by atoms with Crippen LogP contribution in [0, 0.1) is 0 Å². The van der Waals surface area contributed by atoms with Crippen LogP contribution in [-0.4, -0.2) is 50.9 Å². The minimum absolute atomic E-state index is 0.0679. The number of carbonyl (C=O) groups excluding carboxylic acids is 1. The van der Waals surface area contributed by atoms with Gasteiger partial charge in [0, 0.05) is 18.7 Å². The van der Waals surface area contributed by atoms with Crippen molar-refractivity contribution in [3.63, 3.8) is 0 Å². The summed E-state index contributed by atoms with van der Waals surface area (Å²) in [5, 5.41) is 0. The molecule has 0 aliphatic carbocycles. The molecule has 1 atom stereocenters. The summed E-state index contributed by atoms with van der Waals surface area (Å²) in [5.41, 5.74) is 2.00. The van der Waals surface area contributed by atoms with E-state index in [1.807, 2.05) is 18.2 Å². The van der Waals surface area contributed by atoms with Crippen LogP contribution in [0.25, 0.3) is 0 Å². The van der Waals surface area contributed by atoms with E-state index >= 15 is 0 Å². The molecule has 23 heavy (non-hydrogen) atoms. The Kier molecular flexibility index (Phi) is 5.34. The zero-order chi connectivity index (χ0) is 17.2. The molecule has 1 heterocycles. The predicted molar refractivity (Wildman–Crippen MR) is 90.6 cm³/mol. The molecule has 1 unspecified atom stereocenters. The molecule has 6 heteroatoms. The SMILES string of the molecule is COc1ccc(C(C)C)cc1CC(=O)N(C)C1CCS(=O)(=O)C1. The predicted octanol–water partition coefficient (Wildman–Crippen LogP) is 2.01. The van der Waals surface area contributed by atoms with Crippen LogP contribution in [0.2, 0.25) is 0 Å². The first-order chi connectivity index (χ1) is 10.7. The van der Waals surface area contributed by atoms with E-state index in [0.717, 1.165) is 11.1 Å². The van der Waals surface area contributed by atoms with Crippen LogP contribution in [0.3, 0.4) is 0 Å². The first-order valence-corrected chi connectivity index (χ1v) is 9.68. The number of rotatable bonds is 5. The number of sulfone groups is 1. The highest BCUT2D eigenvalue weighted by atomic mass is 32.2. The maximum absolute atomic E-state index is 12.5. The summed E-state index contributed by atoms with van der Waals surface area (Å²) in [5.74, 6) is 1.22. The van der Waals surface area contributed by atoms with Crippen LogP contribution in [0.4, 0.5) is 0 Å². The number of hydrogen-bond acceptors (Lipinski definition) is 4. The Morgan fingerprint density at radius 2 is 2.09 bits per heavy atom. The zero-order valence-electron chi connectivity index (χ0n) is 14.2. The molecule has 1 aliphatic rings. The highest BCUT2D eigenvalue weighted by Gasteiger charge is 2.32. The molecular formula is C17H25NO4S. The summed E-state index contributed by atoms with van der Waals surface area (Å²) in [4.78, 5) is 14.1. The van der Waals surface area contributed by atoms with E-state index in [0.29, 0.717) is 18.1 Å². The standard InChI is InChI=1S/C17H25NO4S/c1-12(2)13-5-6-16(22-4)14(9-13)10-17(19)18(3)15-7-8-23(20,21)11-15/h5-6,9,12,15H,7-8,10-11H2,1-4H3. The number of carbonyl (C=O) groups is 1. The van der Waals surface area contributed by atoms with Crippen molar-refractivity contribution in [1.82, 2.24) is 4.90 Å². The van der Waals surface area contributed by atoms with Gasteiger partial charge in [0.15, 0.2) is 9.84 Å². The first-order valence-electron chi connectivity index (χ1n) is 7.86. The topological polar surface area (TPSA) is 63.7 Å². The van der Waals surface area contributed by atoms with Crippen molar-refractivity contribution in [3.05, 3.63) is 29.3 Å². The quantitative estimate of drug-likeness (QED) is 0.823. The van der Waals surface area contributed by atoms with Gasteiger partial charge in [-0.2, -0.15) is 0 Å². The molecule has 0 N–H and O–H groups in total. The van der Waals surface area contributed by atoms with Gasteiger partial charge in [-0.15, -0.1) is 0 Å². The molecule has 0 saturated carbocycles. The Morgan fingerprint density at radius 3 is 2.61 bits per heavy atom. The minimum atomic E-state index is -3.00. The van der Waals surface area contributed by atoms with Gasteiger partial charge in [-0.05, 0) is 24.0 Å². The van der Waals surface area contributed by atoms with E-state index in [2.05, 4.69) is 13.8 Å². The van der Waals surface area contributed by atoms with Crippen LogP contribution in [0.1, 0.15) is 37.3 Å². The number of methoxy groups -OCH3 is 1. The summed E-state index contributed by atoms with van der Waals surface area (Å²) in [7, 11) is 0.280. The van der Waals surface area contributed by atoms with E-state index in [4.69, 9.17) is 4.74 Å². The molecule has 1 aromatic carbocycles. The highest BCUT2D eigenvalue weighted by molar-refractivity contribution is 7.91. The van der Waals surface area contributed by atoms with Gasteiger partial charge in [0.1, 0.15) is 5.75 Å². The average Bonchev–Trinajstić information content (AvgIpc) is 2.86. The zero-order valence-corrected chi connectivity index (χ0v) is 15.0. The number of hydrogen-bond donors (Lipinski definition) is 0. The van der Waals surface area contributed by atoms with Gasteiger partial charge in [-0.3, -0.25) is 4.79 Å². The van der Waals surface area contributed by atoms with Crippen LogP contribution in [-0.2, 0) is 21.1 Å². The van der Waals surface area contributed by atoms with Crippen molar-refractivity contribution in [1.29, 1.82) is 0 Å². The number of benzene rings is 1. The van der Waals surface area contributed by atoms with Gasteiger partial charge < -0.3 is 9.64 Å². The fourth-order valence-electron chi connectivity index (χ4n) is 2.87. The molecule has 1 fully saturated rings. The number of likely N-dealkylation sites (N-methyl/N-ethyl adjacent to an activating group) is 1. The van der Waals surface area contributed by atoms with Gasteiger partial charge in [-0.1, -0.05) is 26.0 Å². The third-order valence-electron chi connectivity index (χ3n) is 4.46. The number of amides is 1. The molecule has 0 spiro atoms. The monoisotopic (exact) mass is 339 g/mol. The van der Waals surface area contributed by atoms with Gasteiger partial charge in [0.25, 0.3) is 0 Å². The van der Waals surface area contributed by atoms with E-state index in [1.54, 1.807) is 19.1 Å². The third-order valence-corrected chi connectivity index (χ3v) is 6.21. The van der Waals surface area contributed by atoms with Crippen LogP contribution < -0.4 is 4.74 Å². The summed E-state index contributed by atoms with van der Waals surface area (Å²) in [6.07, 6.45) is 0.741. The lowest BCUT2D eigenvalue weighted by atomic mass is 9.98. The van der Waals surface area contributed by atoms with Crippen LogP contribution >= 0.6 is 0 Å². The molecule has 1 amide bonds. The van der Waals surface area contributed by atoms with Crippen molar-refractivity contribution in [3.8, 4) is 5.75 Å². The lowest BCUT2D eigenvalue weighted by molar-refractivity contribution is -0.130. The molecule has 0 radical (unpaired) electrons. The second-order valence-corrected chi connectivity index (χ2v) is 8.69. The Balaban J connectivity index is 2.14. The second-order valence-electron chi connectivity index (χ2n) is 6.46. The fraction of sp³-hybridized carbons (Fsp3) is 0.588. The molecule has 1 saturated heterocycles. The molecular weight excluding hydrogens is 314 g/mol. The Bertz CT molecular complexity index is 682. The van der Waals surface area contributed by atoms with Crippen molar-refractivity contribution < 1.29 is 17.9 Å². The lowest BCUT2D eigenvalue weighted by Crippen LogP contribution is -2.38. The van der Waals surface area contributed by atoms with E-state index in [9.17, 15) is 13.2 Å². The number of ether oxygens (including phenoxy) is 1. The summed E-state index contributed by atoms with van der Waals surface area (Å²) in [6.45, 7) is 4.20. The van der Waals surface area contributed by atoms with Crippen molar-refractivity contribution in [2.24, 2.45) is 0 Å². The normalized spacial score (nSPS) is 19.8. The second kappa shape index (κ2) is 6.91. The molecule has 1 aromatic rings. The van der Waals surface area contributed by atoms with Crippen molar-refractivity contribution >= 4 is 15.7 Å². The van der Waals surface area contributed by atoms with Crippen molar-refractivity contribution in [2.75, 3.05) is 25.7 Å². The summed E-state index contributed by atoms with van der Waals surface area (Å²) < 4.78 is 28.5. The van der Waals surface area contributed by atoms with E-state index in [-0.39, 0.29) is 29.9 Å². The maximum Gasteiger partial charge on any atom is 0.227 e. The Morgan fingerprint density at radius 1 is 1.39 bits per heavy atom. The average molecular weight is 339 g/mol. The third kappa shape index (κ3) is 4.25. The molecule has 1 aliphatic heterocycles. The van der Waals surface area contributed by atoms with Crippen LogP contribution in [0.15, 0.2) is 18.2 Å². The van der Waals surface area contributed by atoms with Crippen LogP contribution in [0.5, 0.6) is 5.75 Å². The fourth-order valence-corrected chi connectivity index (χ4v) is 4.64. The Labute approximate surface area is 138 Å². The van der Waals surface area contributed by atoms with E-state index in [1.165, 1.54) is 0 Å². The Hall–Kier alpha value is -1.56. The number of nitrogens with zero attached hydrogens (tertiary/aromatic N) is 1. The van der Waals surface area contributed by atoms with Gasteiger partial charge in [0.05, 0.1) is 25.0 Å². The summed E-state index contributed by atoms with van der Waals surface area (Å²) >= 11 is 0.